The van der Waals surface area contributed by atoms with Crippen molar-refractivity contribution in [1.82, 2.24) is 5.32 Å². The van der Waals surface area contributed by atoms with Crippen LogP contribution >= 0.6 is 0 Å². The first-order chi connectivity index (χ1) is 14.2. The normalized spacial score (nSPS) is 14.9. The van der Waals surface area contributed by atoms with Crippen molar-refractivity contribution >= 4 is 27.6 Å². The Labute approximate surface area is 170 Å². The zero-order chi connectivity index (χ0) is 21.9. The number of sulfonamides is 1. The lowest BCUT2D eigenvalue weighted by molar-refractivity contribution is 0.0685. The minimum atomic E-state index is -4.31. The molecule has 1 amide bonds. The number of halogens is 2. The number of carboxylic acids is 1. The lowest BCUT2D eigenvalue weighted by atomic mass is 10.1. The molecule has 2 aromatic rings. The summed E-state index contributed by atoms with van der Waals surface area (Å²) in [6.07, 6.45) is 1.37. The van der Waals surface area contributed by atoms with E-state index in [1.165, 1.54) is 12.1 Å². The van der Waals surface area contributed by atoms with Gasteiger partial charge >= 0.3 is 5.97 Å². The van der Waals surface area contributed by atoms with E-state index in [-0.39, 0.29) is 22.4 Å². The number of ether oxygens (including phenoxy) is 1. The second-order valence-corrected chi connectivity index (χ2v) is 8.29. The van der Waals surface area contributed by atoms with E-state index in [1.54, 1.807) is 0 Å². The molecular weight excluding hydrogens is 422 g/mol. The summed E-state index contributed by atoms with van der Waals surface area (Å²) in [6.45, 7) is 1.11. The van der Waals surface area contributed by atoms with E-state index in [4.69, 9.17) is 9.84 Å². The van der Waals surface area contributed by atoms with Crippen LogP contribution in [0.4, 0.5) is 14.5 Å². The number of nitrogens with one attached hydrogen (secondary N) is 2. The maximum absolute atomic E-state index is 14.0. The molecule has 1 heterocycles. The molecule has 8 nitrogen and oxygen atoms in total. The van der Waals surface area contributed by atoms with Crippen molar-refractivity contribution in [3.8, 4) is 0 Å². The van der Waals surface area contributed by atoms with E-state index in [1.807, 2.05) is 4.72 Å². The molecule has 0 spiro atoms. The predicted molar refractivity (Wildman–Crippen MR) is 102 cm³/mol. The fourth-order valence-corrected chi connectivity index (χ4v) is 3.95. The molecule has 0 bridgehead atoms. The molecule has 0 aromatic heterocycles. The van der Waals surface area contributed by atoms with Gasteiger partial charge in [-0.15, -0.1) is 0 Å². The average Bonchev–Trinajstić information content (AvgIpc) is 2.71. The van der Waals surface area contributed by atoms with Crippen LogP contribution in [-0.2, 0) is 14.8 Å². The number of anilines is 1. The minimum Gasteiger partial charge on any atom is -0.478 e. The molecule has 0 atom stereocenters. The van der Waals surface area contributed by atoms with Crippen LogP contribution in [0.3, 0.4) is 0 Å². The van der Waals surface area contributed by atoms with Gasteiger partial charge in [-0.3, -0.25) is 9.52 Å². The molecule has 3 N–H and O–H groups in total. The molecule has 1 aliphatic heterocycles. The molecule has 0 saturated carbocycles. The van der Waals surface area contributed by atoms with Gasteiger partial charge in [0.2, 0.25) is 0 Å². The van der Waals surface area contributed by atoms with Crippen LogP contribution in [0.5, 0.6) is 0 Å². The van der Waals surface area contributed by atoms with Gasteiger partial charge in [0.05, 0.1) is 16.1 Å². The molecule has 30 heavy (non-hydrogen) atoms. The summed E-state index contributed by atoms with van der Waals surface area (Å²) in [5, 5.41) is 11.6. The molecule has 2 aromatic carbocycles. The standard InChI is InChI=1S/C19H18F2N2O6S/c20-15-10-17(16(21)9-14(15)19(25)26)23-30(27,28)13-3-1-11(2-4-13)18(24)22-12-5-7-29-8-6-12/h1-4,9-10,12,23H,5-8H2,(H,22,24)(H,25,26). The van der Waals surface area contributed by atoms with E-state index >= 15 is 0 Å². The first-order valence-corrected chi connectivity index (χ1v) is 10.4. The van der Waals surface area contributed by atoms with Crippen LogP contribution in [0.25, 0.3) is 0 Å². The quantitative estimate of drug-likeness (QED) is 0.634. The van der Waals surface area contributed by atoms with Crippen LogP contribution < -0.4 is 10.0 Å². The topological polar surface area (TPSA) is 122 Å². The Morgan fingerprint density at radius 3 is 2.27 bits per heavy atom. The van der Waals surface area contributed by atoms with Crippen molar-refractivity contribution in [2.75, 3.05) is 17.9 Å². The smallest absolute Gasteiger partial charge is 0.338 e. The SMILES string of the molecule is O=C(NC1CCOCC1)c1ccc(S(=O)(=O)Nc2cc(F)c(C(=O)O)cc2F)cc1. The van der Waals surface area contributed by atoms with E-state index in [0.717, 1.165) is 12.1 Å². The Hall–Kier alpha value is -3.05. The number of aromatic carboxylic acids is 1. The summed E-state index contributed by atoms with van der Waals surface area (Å²) in [5.74, 6) is -4.59. The number of rotatable bonds is 6. The first kappa shape index (κ1) is 21.7. The van der Waals surface area contributed by atoms with Gasteiger partial charge in [-0.2, -0.15) is 0 Å². The third-order valence-corrected chi connectivity index (χ3v) is 5.90. The number of hydrogen-bond acceptors (Lipinski definition) is 5. The maximum Gasteiger partial charge on any atom is 0.338 e. The summed E-state index contributed by atoms with van der Waals surface area (Å²) >= 11 is 0. The molecule has 3 rings (SSSR count). The molecule has 11 heteroatoms. The molecule has 160 valence electrons. The third kappa shape index (κ3) is 4.92. The lowest BCUT2D eigenvalue weighted by Gasteiger charge is -2.23. The van der Waals surface area contributed by atoms with Crippen LogP contribution in [0, 0.1) is 11.6 Å². The van der Waals surface area contributed by atoms with Gasteiger partial charge in [-0.25, -0.2) is 22.0 Å². The van der Waals surface area contributed by atoms with Gasteiger partial charge in [0.25, 0.3) is 15.9 Å². The number of amides is 1. The number of hydrogen-bond donors (Lipinski definition) is 3. The minimum absolute atomic E-state index is 0.0250. The Kier molecular flexibility index (Phi) is 6.32. The monoisotopic (exact) mass is 440 g/mol. The number of carbonyl (C=O) groups excluding carboxylic acids is 1. The van der Waals surface area contributed by atoms with Crippen LogP contribution in [0.15, 0.2) is 41.3 Å². The highest BCUT2D eigenvalue weighted by Gasteiger charge is 2.21. The average molecular weight is 440 g/mol. The van der Waals surface area contributed by atoms with Crippen molar-refractivity contribution in [1.29, 1.82) is 0 Å². The molecule has 0 radical (unpaired) electrons. The van der Waals surface area contributed by atoms with Gasteiger partial charge in [0.15, 0.2) is 0 Å². The van der Waals surface area contributed by atoms with Gasteiger partial charge in [0.1, 0.15) is 11.6 Å². The van der Waals surface area contributed by atoms with Gasteiger partial charge in [-0.1, -0.05) is 0 Å². The summed E-state index contributed by atoms with van der Waals surface area (Å²) in [4.78, 5) is 22.8. The number of carbonyl (C=O) groups is 2. The van der Waals surface area contributed by atoms with Crippen LogP contribution in [0.1, 0.15) is 33.6 Å². The molecule has 1 aliphatic rings. The summed E-state index contributed by atoms with van der Waals surface area (Å²) in [7, 11) is -4.31. The number of carboxylic acid groups (broad SMARTS) is 1. The van der Waals surface area contributed by atoms with Crippen molar-refractivity contribution < 1.29 is 36.6 Å². The molecular formula is C19H18F2N2O6S. The summed E-state index contributed by atoms with van der Waals surface area (Å²) < 4.78 is 59.8. The fourth-order valence-electron chi connectivity index (χ4n) is 2.89. The maximum atomic E-state index is 14.0. The lowest BCUT2D eigenvalue weighted by Crippen LogP contribution is -2.38. The van der Waals surface area contributed by atoms with E-state index in [2.05, 4.69) is 5.32 Å². The highest BCUT2D eigenvalue weighted by molar-refractivity contribution is 7.92. The second-order valence-electron chi connectivity index (χ2n) is 6.61. The van der Waals surface area contributed by atoms with E-state index in [0.29, 0.717) is 38.2 Å². The zero-order valence-corrected chi connectivity index (χ0v) is 16.3. The van der Waals surface area contributed by atoms with Crippen molar-refractivity contribution in [2.45, 2.75) is 23.8 Å². The van der Waals surface area contributed by atoms with Crippen molar-refractivity contribution in [2.24, 2.45) is 0 Å². The highest BCUT2D eigenvalue weighted by atomic mass is 32.2. The first-order valence-electron chi connectivity index (χ1n) is 8.91. The molecule has 0 aliphatic carbocycles. The predicted octanol–water partition coefficient (Wildman–Crippen LogP) is 2.37. The summed E-state index contributed by atoms with van der Waals surface area (Å²) in [6, 6.07) is 5.72. The number of benzene rings is 2. The van der Waals surface area contributed by atoms with E-state index in [9.17, 15) is 26.8 Å². The van der Waals surface area contributed by atoms with Gasteiger partial charge in [-0.05, 0) is 43.2 Å². The Balaban J connectivity index is 1.74. The zero-order valence-electron chi connectivity index (χ0n) is 15.5. The van der Waals surface area contributed by atoms with Crippen molar-refractivity contribution in [3.05, 3.63) is 59.2 Å². The van der Waals surface area contributed by atoms with Crippen LogP contribution in [0.2, 0.25) is 0 Å². The van der Waals surface area contributed by atoms with Crippen molar-refractivity contribution in [3.63, 3.8) is 0 Å². The third-order valence-electron chi connectivity index (χ3n) is 4.51. The summed E-state index contributed by atoms with van der Waals surface area (Å²) in [5.41, 5.74) is -1.42. The van der Waals surface area contributed by atoms with Gasteiger partial charge < -0.3 is 15.2 Å². The molecule has 1 fully saturated rings. The largest absolute Gasteiger partial charge is 0.478 e. The second kappa shape index (κ2) is 8.76. The molecule has 0 unspecified atom stereocenters. The van der Waals surface area contributed by atoms with Gasteiger partial charge in [0, 0.05) is 30.9 Å². The highest BCUT2D eigenvalue weighted by Crippen LogP contribution is 2.23. The van der Waals surface area contributed by atoms with Crippen LogP contribution in [-0.4, -0.2) is 44.7 Å². The van der Waals surface area contributed by atoms with E-state index < -0.39 is 38.9 Å². The Morgan fingerprint density at radius 2 is 1.67 bits per heavy atom. The Bertz CT molecular complexity index is 1070. The fraction of sp³-hybridized carbons (Fsp3) is 0.263. The Morgan fingerprint density at radius 1 is 1.03 bits per heavy atom. The molecule has 1 saturated heterocycles.